The highest BCUT2D eigenvalue weighted by atomic mass is 35.5. The topological polar surface area (TPSA) is 97.7 Å². The highest BCUT2D eigenvalue weighted by Crippen LogP contribution is 2.34. The summed E-state index contributed by atoms with van der Waals surface area (Å²) in [5, 5.41) is 2.21. The van der Waals surface area contributed by atoms with Crippen molar-refractivity contribution in [3.63, 3.8) is 0 Å². The van der Waals surface area contributed by atoms with Crippen molar-refractivity contribution in [3.8, 4) is 5.69 Å². The van der Waals surface area contributed by atoms with Gasteiger partial charge in [-0.1, -0.05) is 29.8 Å². The molecule has 36 heavy (non-hydrogen) atoms. The number of carbonyl (C=O) groups excluding carboxylic acids is 4. The Morgan fingerprint density at radius 3 is 2.50 bits per heavy atom. The van der Waals surface area contributed by atoms with E-state index in [0.29, 0.717) is 0 Å². The summed E-state index contributed by atoms with van der Waals surface area (Å²) in [6, 6.07) is 16.1. The molecular weight excluding hydrogens is 502 g/mol. The maximum Gasteiger partial charge on any atom is 0.339 e. The Labute approximate surface area is 216 Å². The zero-order valence-corrected chi connectivity index (χ0v) is 21.3. The number of para-hydroxylation sites is 1. The van der Waals surface area contributed by atoms with Crippen LogP contribution in [-0.2, 0) is 14.3 Å². The number of aryl methyl sites for hydroxylation is 1. The molecule has 1 saturated heterocycles. The predicted octanol–water partition coefficient (Wildman–Crippen LogP) is 5.21. The number of methoxy groups -OCH3 is 1. The van der Waals surface area contributed by atoms with Crippen molar-refractivity contribution in [2.75, 3.05) is 19.0 Å². The minimum atomic E-state index is -0.654. The van der Waals surface area contributed by atoms with Gasteiger partial charge in [0.15, 0.2) is 0 Å². The van der Waals surface area contributed by atoms with Crippen molar-refractivity contribution < 1.29 is 23.9 Å². The van der Waals surface area contributed by atoms with Gasteiger partial charge in [0, 0.05) is 22.8 Å². The Morgan fingerprint density at radius 2 is 1.81 bits per heavy atom. The minimum Gasteiger partial charge on any atom is -0.465 e. The Hall–Kier alpha value is -3.82. The molecule has 0 unspecified atom stereocenters. The van der Waals surface area contributed by atoms with Gasteiger partial charge in [0.2, 0.25) is 5.91 Å². The van der Waals surface area contributed by atoms with Gasteiger partial charge >= 0.3 is 5.97 Å². The van der Waals surface area contributed by atoms with Gasteiger partial charge in [-0.25, -0.2) is 4.79 Å². The van der Waals surface area contributed by atoms with Gasteiger partial charge in [-0.2, -0.15) is 0 Å². The molecule has 1 aliphatic rings. The van der Waals surface area contributed by atoms with Gasteiger partial charge in [-0.05, 0) is 73.6 Å². The Bertz CT molecular complexity index is 1410. The van der Waals surface area contributed by atoms with E-state index in [2.05, 4.69) is 14.6 Å². The third-order valence-electron chi connectivity index (χ3n) is 5.60. The van der Waals surface area contributed by atoms with Crippen LogP contribution in [0.3, 0.4) is 0 Å². The zero-order valence-electron chi connectivity index (χ0n) is 19.7. The van der Waals surface area contributed by atoms with Crippen LogP contribution in [-0.4, -0.2) is 46.1 Å². The number of hydrogen-bond acceptors (Lipinski definition) is 6. The molecule has 2 aromatic carbocycles. The quantitative estimate of drug-likeness (QED) is 0.352. The first-order valence-electron chi connectivity index (χ1n) is 10.9. The van der Waals surface area contributed by atoms with Crippen molar-refractivity contribution in [3.05, 3.63) is 87.0 Å². The van der Waals surface area contributed by atoms with Crippen LogP contribution in [0.15, 0.2) is 59.5 Å². The van der Waals surface area contributed by atoms with Crippen LogP contribution in [0, 0.1) is 13.8 Å². The molecule has 1 N–H and O–H groups in total. The van der Waals surface area contributed by atoms with Crippen molar-refractivity contribution >= 4 is 58.1 Å². The van der Waals surface area contributed by atoms with Gasteiger partial charge < -0.3 is 14.6 Å². The molecular formula is C26H22ClN3O5S. The molecule has 8 nitrogen and oxygen atoms in total. The van der Waals surface area contributed by atoms with Crippen molar-refractivity contribution in [1.82, 2.24) is 9.47 Å². The zero-order chi connectivity index (χ0) is 26.0. The lowest BCUT2D eigenvalue weighted by Crippen LogP contribution is -2.36. The molecule has 3 aromatic rings. The molecule has 0 saturated carbocycles. The highest BCUT2D eigenvalue weighted by molar-refractivity contribution is 8.18. The van der Waals surface area contributed by atoms with Gasteiger partial charge in [0.1, 0.15) is 6.54 Å². The first-order valence-corrected chi connectivity index (χ1v) is 12.1. The van der Waals surface area contributed by atoms with E-state index in [9.17, 15) is 19.2 Å². The molecule has 1 aromatic heterocycles. The summed E-state index contributed by atoms with van der Waals surface area (Å²) in [5.74, 6) is -1.80. The number of rotatable bonds is 6. The number of esters is 1. The maximum atomic E-state index is 13.0. The fourth-order valence-corrected chi connectivity index (χ4v) is 4.92. The number of anilines is 1. The number of hydrogen-bond donors (Lipinski definition) is 1. The van der Waals surface area contributed by atoms with E-state index in [1.165, 1.54) is 25.3 Å². The van der Waals surface area contributed by atoms with Crippen LogP contribution in [0.5, 0.6) is 0 Å². The minimum absolute atomic E-state index is 0.0826. The van der Waals surface area contributed by atoms with Gasteiger partial charge in [0.05, 0.1) is 22.6 Å². The third kappa shape index (κ3) is 5.07. The molecule has 2 heterocycles. The summed E-state index contributed by atoms with van der Waals surface area (Å²) in [6.45, 7) is 3.44. The monoisotopic (exact) mass is 523 g/mol. The van der Waals surface area contributed by atoms with Crippen molar-refractivity contribution in [2.45, 2.75) is 13.8 Å². The van der Waals surface area contributed by atoms with Crippen LogP contribution >= 0.6 is 23.4 Å². The Kier molecular flexibility index (Phi) is 7.32. The van der Waals surface area contributed by atoms with E-state index in [-0.39, 0.29) is 21.2 Å². The average molecular weight is 524 g/mol. The first-order chi connectivity index (χ1) is 17.2. The Balaban J connectivity index is 1.50. The van der Waals surface area contributed by atoms with Gasteiger partial charge in [-0.15, -0.1) is 0 Å². The molecule has 0 atom stereocenters. The molecule has 0 bridgehead atoms. The number of ether oxygens (including phenoxy) is 1. The van der Waals surface area contributed by atoms with E-state index in [4.69, 9.17) is 11.6 Å². The number of thioether (sulfide) groups is 1. The number of aromatic nitrogens is 1. The summed E-state index contributed by atoms with van der Waals surface area (Å²) in [4.78, 5) is 51.0. The number of carbonyl (C=O) groups is 4. The molecule has 0 spiro atoms. The first kappa shape index (κ1) is 25.3. The maximum absolute atomic E-state index is 13.0. The van der Waals surface area contributed by atoms with Gasteiger partial charge in [-0.3, -0.25) is 19.3 Å². The normalized spacial score (nSPS) is 14.4. The lowest BCUT2D eigenvalue weighted by atomic mass is 10.2. The highest BCUT2D eigenvalue weighted by Gasteiger charge is 2.36. The number of nitrogens with one attached hydrogen (secondary N) is 1. The van der Waals surface area contributed by atoms with Crippen LogP contribution in [0.4, 0.5) is 10.5 Å². The van der Waals surface area contributed by atoms with Crippen molar-refractivity contribution in [2.24, 2.45) is 0 Å². The molecule has 3 amide bonds. The number of halogens is 1. The average Bonchev–Trinajstić information content (AvgIpc) is 3.29. The summed E-state index contributed by atoms with van der Waals surface area (Å²) < 4.78 is 6.74. The molecule has 0 radical (unpaired) electrons. The second-order valence-corrected chi connectivity index (χ2v) is 9.40. The van der Waals surface area contributed by atoms with Gasteiger partial charge in [0.25, 0.3) is 11.1 Å². The molecule has 0 aliphatic carbocycles. The second-order valence-electron chi connectivity index (χ2n) is 8.00. The molecule has 1 fully saturated rings. The SMILES string of the molecule is COC(=O)c1cc(NC(=O)CN2C(=O)S/C(=C/c3cc(C)n(-c4ccccc4)c3C)C2=O)ccc1Cl. The number of nitrogens with zero attached hydrogens (tertiary/aromatic N) is 2. The molecule has 10 heteroatoms. The van der Waals surface area contributed by atoms with E-state index in [0.717, 1.165) is 39.3 Å². The van der Waals surface area contributed by atoms with Crippen molar-refractivity contribution in [1.29, 1.82) is 0 Å². The molecule has 184 valence electrons. The molecule has 4 rings (SSSR count). The number of benzene rings is 2. The smallest absolute Gasteiger partial charge is 0.339 e. The van der Waals surface area contributed by atoms with Crippen LogP contribution in [0.2, 0.25) is 5.02 Å². The van der Waals surface area contributed by atoms with E-state index < -0.39 is 29.6 Å². The number of imide groups is 1. The van der Waals surface area contributed by atoms with Crippen LogP contribution < -0.4 is 5.32 Å². The fourth-order valence-electron chi connectivity index (χ4n) is 3.90. The second kappa shape index (κ2) is 10.4. The lowest BCUT2D eigenvalue weighted by Gasteiger charge is -2.13. The van der Waals surface area contributed by atoms with E-state index in [1.54, 1.807) is 6.08 Å². The van der Waals surface area contributed by atoms with Crippen LogP contribution in [0.25, 0.3) is 11.8 Å². The van der Waals surface area contributed by atoms with Crippen LogP contribution in [0.1, 0.15) is 27.3 Å². The van der Waals surface area contributed by atoms with E-state index >= 15 is 0 Å². The third-order valence-corrected chi connectivity index (χ3v) is 6.84. The largest absolute Gasteiger partial charge is 0.465 e. The fraction of sp³-hybridized carbons (Fsp3) is 0.154. The number of amides is 3. The standard InChI is InChI=1S/C26H22ClN3O5S/c1-15-11-17(16(2)30(15)19-7-5-4-6-8-19)12-22-24(32)29(26(34)36-22)14-23(31)28-18-9-10-21(27)20(13-18)25(33)35-3/h4-13H,14H2,1-3H3,(H,28,31)/b22-12+. The molecule has 1 aliphatic heterocycles. The Morgan fingerprint density at radius 1 is 1.08 bits per heavy atom. The summed E-state index contributed by atoms with van der Waals surface area (Å²) in [5.41, 5.74) is 4.07. The summed E-state index contributed by atoms with van der Waals surface area (Å²) in [7, 11) is 1.22. The summed E-state index contributed by atoms with van der Waals surface area (Å²) >= 11 is 6.79. The van der Waals surface area contributed by atoms with E-state index in [1.807, 2.05) is 50.2 Å². The lowest BCUT2D eigenvalue weighted by molar-refractivity contribution is -0.127. The predicted molar refractivity (Wildman–Crippen MR) is 139 cm³/mol. The summed E-state index contributed by atoms with van der Waals surface area (Å²) in [6.07, 6.45) is 1.67.